The smallest absolute Gasteiger partial charge is 0.309 e. The summed E-state index contributed by atoms with van der Waals surface area (Å²) < 4.78 is 33.6. The molecule has 0 spiro atoms. The minimum atomic E-state index is -0.767. The van der Waals surface area contributed by atoms with Gasteiger partial charge in [0.15, 0.2) is 0 Å². The Hall–Kier alpha value is -2.06. The van der Waals surface area contributed by atoms with Crippen molar-refractivity contribution in [2.45, 2.75) is 44.9 Å². The van der Waals surface area contributed by atoms with Crippen molar-refractivity contribution in [2.24, 2.45) is 11.7 Å². The van der Waals surface area contributed by atoms with Crippen LogP contribution in [0.25, 0.3) is 0 Å². The van der Waals surface area contributed by atoms with E-state index in [1.165, 1.54) is 6.07 Å². The van der Waals surface area contributed by atoms with Crippen molar-refractivity contribution in [1.82, 2.24) is 4.90 Å². The van der Waals surface area contributed by atoms with Crippen LogP contribution in [0.15, 0.2) is 18.2 Å². The fourth-order valence-corrected chi connectivity index (χ4v) is 3.69. The number of para-hydroxylation sites is 1. The number of piperazine rings is 1. The molecular formula is C19H25F2N3O3. The van der Waals surface area contributed by atoms with Crippen LogP contribution in [0.3, 0.4) is 0 Å². The van der Waals surface area contributed by atoms with Crippen LogP contribution in [0.4, 0.5) is 14.5 Å². The first kappa shape index (κ1) is 19.7. The van der Waals surface area contributed by atoms with E-state index < -0.39 is 29.1 Å². The number of benzene rings is 1. The van der Waals surface area contributed by atoms with Crippen molar-refractivity contribution in [2.75, 3.05) is 24.5 Å². The van der Waals surface area contributed by atoms with Gasteiger partial charge in [-0.05, 0) is 32.4 Å². The Morgan fingerprint density at radius 3 is 2.48 bits per heavy atom. The van der Waals surface area contributed by atoms with E-state index >= 15 is 0 Å². The molecule has 0 aliphatic carbocycles. The largest absolute Gasteiger partial charge is 0.460 e. The van der Waals surface area contributed by atoms with E-state index in [0.717, 1.165) is 17.0 Å². The molecule has 3 atom stereocenters. The van der Waals surface area contributed by atoms with Crippen LogP contribution >= 0.6 is 0 Å². The van der Waals surface area contributed by atoms with E-state index in [4.69, 9.17) is 10.5 Å². The molecular weight excluding hydrogens is 356 g/mol. The van der Waals surface area contributed by atoms with Crippen molar-refractivity contribution < 1.29 is 23.1 Å². The molecule has 0 unspecified atom stereocenters. The van der Waals surface area contributed by atoms with Gasteiger partial charge in [-0.3, -0.25) is 14.5 Å². The average Bonchev–Trinajstić information content (AvgIpc) is 2.91. The Morgan fingerprint density at radius 1 is 1.30 bits per heavy atom. The van der Waals surface area contributed by atoms with E-state index in [1.807, 2.05) is 18.7 Å². The average molecular weight is 381 g/mol. The molecule has 6 nitrogen and oxygen atoms in total. The molecule has 2 heterocycles. The van der Waals surface area contributed by atoms with Crippen LogP contribution in [0.2, 0.25) is 0 Å². The van der Waals surface area contributed by atoms with E-state index in [9.17, 15) is 18.4 Å². The summed E-state index contributed by atoms with van der Waals surface area (Å²) in [6.45, 7) is 6.02. The van der Waals surface area contributed by atoms with Crippen molar-refractivity contribution in [3.05, 3.63) is 29.8 Å². The van der Waals surface area contributed by atoms with Crippen molar-refractivity contribution in [3.8, 4) is 0 Å². The molecule has 8 heteroatoms. The summed E-state index contributed by atoms with van der Waals surface area (Å²) in [5, 5.41) is 0. The molecule has 3 rings (SSSR count). The number of halogens is 2. The Kier molecular flexibility index (Phi) is 5.22. The summed E-state index contributed by atoms with van der Waals surface area (Å²) in [7, 11) is 0. The van der Waals surface area contributed by atoms with E-state index in [2.05, 4.69) is 0 Å². The van der Waals surface area contributed by atoms with Gasteiger partial charge in [0.1, 0.15) is 23.4 Å². The van der Waals surface area contributed by atoms with Crippen LogP contribution in [-0.4, -0.2) is 54.1 Å². The van der Waals surface area contributed by atoms with Crippen LogP contribution in [0.1, 0.15) is 27.2 Å². The maximum atomic E-state index is 14.1. The van der Waals surface area contributed by atoms with Crippen LogP contribution < -0.4 is 10.6 Å². The topological polar surface area (TPSA) is 75.9 Å². The van der Waals surface area contributed by atoms with Crippen molar-refractivity contribution >= 4 is 17.6 Å². The number of esters is 1. The quantitative estimate of drug-likeness (QED) is 0.803. The van der Waals surface area contributed by atoms with Gasteiger partial charge in [0.25, 0.3) is 0 Å². The summed E-state index contributed by atoms with van der Waals surface area (Å²) >= 11 is 0. The molecule has 1 aromatic rings. The Bertz CT molecular complexity index is 735. The second-order valence-electron chi connectivity index (χ2n) is 8.02. The number of rotatable bonds is 4. The number of ether oxygens (including phenoxy) is 1. The molecule has 1 amide bonds. The number of nitrogens with two attached hydrogens (primary N) is 1. The van der Waals surface area contributed by atoms with Gasteiger partial charge in [-0.25, -0.2) is 8.78 Å². The lowest BCUT2D eigenvalue weighted by Gasteiger charge is -2.47. The van der Waals surface area contributed by atoms with Crippen molar-refractivity contribution in [1.29, 1.82) is 0 Å². The molecule has 0 aromatic heterocycles. The summed E-state index contributed by atoms with van der Waals surface area (Å²) in [6.07, 6.45) is 0.162. The lowest BCUT2D eigenvalue weighted by molar-refractivity contribution is -0.145. The van der Waals surface area contributed by atoms with Crippen LogP contribution in [0.5, 0.6) is 0 Å². The van der Waals surface area contributed by atoms with Gasteiger partial charge >= 0.3 is 5.97 Å². The van der Waals surface area contributed by atoms with Gasteiger partial charge in [-0.2, -0.15) is 0 Å². The van der Waals surface area contributed by atoms with Crippen molar-refractivity contribution in [3.63, 3.8) is 0 Å². The summed E-state index contributed by atoms with van der Waals surface area (Å²) in [5.74, 6) is -2.38. The standard InChI is InChI=1S/C19H25F2N3O3/c1-11-7-15(27-18(11)26)14(22)8-23-9-16(25)24(10-19(23,2)3)17-12(20)5-4-6-13(17)21/h4-6,11,14-15H,7-10,22H2,1-3H3/t11-,14+,15+/m1/s1. The highest BCUT2D eigenvalue weighted by Crippen LogP contribution is 2.31. The predicted molar refractivity (Wildman–Crippen MR) is 96.0 cm³/mol. The van der Waals surface area contributed by atoms with Crippen LogP contribution in [-0.2, 0) is 14.3 Å². The number of cyclic esters (lactones) is 1. The van der Waals surface area contributed by atoms with Gasteiger partial charge in [-0.15, -0.1) is 0 Å². The highest BCUT2D eigenvalue weighted by atomic mass is 19.1. The molecule has 0 saturated carbocycles. The first-order valence-electron chi connectivity index (χ1n) is 9.05. The molecule has 1 aromatic carbocycles. The maximum Gasteiger partial charge on any atom is 0.309 e. The first-order valence-corrected chi connectivity index (χ1v) is 9.05. The number of anilines is 1. The van der Waals surface area contributed by atoms with Gasteiger partial charge < -0.3 is 15.4 Å². The Balaban J connectivity index is 1.74. The summed E-state index contributed by atoms with van der Waals surface area (Å²) in [5.41, 5.74) is 5.35. The Morgan fingerprint density at radius 2 is 1.93 bits per heavy atom. The number of hydrogen-bond acceptors (Lipinski definition) is 5. The van der Waals surface area contributed by atoms with Gasteiger partial charge in [0.05, 0.1) is 18.5 Å². The highest BCUT2D eigenvalue weighted by Gasteiger charge is 2.43. The molecule has 2 fully saturated rings. The maximum absolute atomic E-state index is 14.1. The van der Waals surface area contributed by atoms with Gasteiger partial charge in [0.2, 0.25) is 5.91 Å². The monoisotopic (exact) mass is 381 g/mol. The third kappa shape index (κ3) is 3.82. The molecule has 2 saturated heterocycles. The number of nitrogens with zero attached hydrogens (tertiary/aromatic N) is 2. The fraction of sp³-hybridized carbons (Fsp3) is 0.579. The molecule has 0 bridgehead atoms. The van der Waals surface area contributed by atoms with E-state index in [-0.39, 0.29) is 36.8 Å². The number of carbonyl (C=O) groups excluding carboxylic acids is 2. The zero-order valence-electron chi connectivity index (χ0n) is 15.7. The normalized spacial score (nSPS) is 27.0. The third-order valence-corrected chi connectivity index (χ3v) is 5.40. The SMILES string of the molecule is C[C@@H]1C[C@@H]([C@@H](N)CN2CC(=O)N(c3c(F)cccc3F)CC2(C)C)OC1=O. The number of carbonyl (C=O) groups is 2. The molecule has 2 N–H and O–H groups in total. The number of amides is 1. The van der Waals surface area contributed by atoms with Crippen LogP contribution in [0, 0.1) is 17.6 Å². The molecule has 148 valence electrons. The zero-order valence-corrected chi connectivity index (χ0v) is 15.7. The second kappa shape index (κ2) is 7.16. The van der Waals surface area contributed by atoms with E-state index in [1.54, 1.807) is 6.92 Å². The highest BCUT2D eigenvalue weighted by molar-refractivity contribution is 5.96. The minimum Gasteiger partial charge on any atom is -0.460 e. The van der Waals surface area contributed by atoms with Gasteiger partial charge in [0, 0.05) is 18.6 Å². The first-order chi connectivity index (χ1) is 12.6. The lowest BCUT2D eigenvalue weighted by Crippen LogP contribution is -2.64. The second-order valence-corrected chi connectivity index (χ2v) is 8.02. The predicted octanol–water partition coefficient (Wildman–Crippen LogP) is 1.67. The minimum absolute atomic E-state index is 0.0231. The number of hydrogen-bond donors (Lipinski definition) is 1. The Labute approximate surface area is 157 Å². The summed E-state index contributed by atoms with van der Waals surface area (Å²) in [6, 6.07) is 3.10. The van der Waals surface area contributed by atoms with Gasteiger partial charge in [-0.1, -0.05) is 13.0 Å². The third-order valence-electron chi connectivity index (χ3n) is 5.40. The molecule has 0 radical (unpaired) electrons. The summed E-state index contributed by atoms with van der Waals surface area (Å²) in [4.78, 5) is 27.3. The molecule has 2 aliphatic heterocycles. The van der Waals surface area contributed by atoms with E-state index in [0.29, 0.717) is 13.0 Å². The lowest BCUT2D eigenvalue weighted by atomic mass is 9.95. The molecule has 27 heavy (non-hydrogen) atoms. The fourth-order valence-electron chi connectivity index (χ4n) is 3.69. The molecule has 2 aliphatic rings. The zero-order chi connectivity index (χ0) is 19.9.